The molecule has 0 aliphatic rings. The molecular weight excluding hydrogens is 585 g/mol. The van der Waals surface area contributed by atoms with Crippen LogP contribution in [-0.4, -0.2) is 59.3 Å². The molecule has 0 saturated carbocycles. The van der Waals surface area contributed by atoms with E-state index in [2.05, 4.69) is 18.4 Å². The Balaban J connectivity index is 0. The SMILES string of the molecule is CCCCCCCCCCCCCC(=O)OCC(COP(=O)(O)O)OC(=O)CCCCCCCCCCCCC.NCCO. The van der Waals surface area contributed by atoms with Crippen LogP contribution in [0.15, 0.2) is 0 Å². The standard InChI is InChI=1S/C31H61O8P.C2H7NO/c1-3-5-7-9-11-13-15-17-19-21-23-25-30(32)37-27-29(28-38-40(34,35)36)39-31(33)26-24-22-20-18-16-14-12-10-8-6-4-2;3-1-2-4/h29H,3-28H2,1-2H3,(H2,34,35,36);4H,1-3H2. The maximum absolute atomic E-state index is 12.3. The summed E-state index contributed by atoms with van der Waals surface area (Å²) >= 11 is 0. The molecule has 1 unspecified atom stereocenters. The first kappa shape index (κ1) is 45.1. The van der Waals surface area contributed by atoms with Gasteiger partial charge in [-0.3, -0.25) is 14.1 Å². The lowest BCUT2D eigenvalue weighted by Gasteiger charge is -2.18. The summed E-state index contributed by atoms with van der Waals surface area (Å²) < 4.78 is 26.1. The second kappa shape index (κ2) is 34.8. The lowest BCUT2D eigenvalue weighted by Crippen LogP contribution is -2.29. The van der Waals surface area contributed by atoms with E-state index in [1.54, 1.807) is 0 Å². The summed E-state index contributed by atoms with van der Waals surface area (Å²) in [7, 11) is -4.73. The van der Waals surface area contributed by atoms with Gasteiger partial charge < -0.3 is 30.1 Å². The quantitative estimate of drug-likeness (QED) is 0.0328. The average Bonchev–Trinajstić information content (AvgIpc) is 2.99. The minimum atomic E-state index is -4.73. The van der Waals surface area contributed by atoms with Crippen molar-refractivity contribution in [1.82, 2.24) is 0 Å². The number of unbranched alkanes of at least 4 members (excludes halogenated alkanes) is 20. The number of carbonyl (C=O) groups is 2. The van der Waals surface area contributed by atoms with Crippen LogP contribution in [-0.2, 0) is 28.2 Å². The molecule has 5 N–H and O–H groups in total. The molecule has 0 radical (unpaired) electrons. The number of hydrogen-bond acceptors (Lipinski definition) is 8. The molecular formula is C33H68NO9P. The van der Waals surface area contributed by atoms with Crippen molar-refractivity contribution in [2.24, 2.45) is 5.73 Å². The fourth-order valence-corrected chi connectivity index (χ4v) is 5.03. The van der Waals surface area contributed by atoms with E-state index < -0.39 is 32.5 Å². The Morgan fingerprint density at radius 3 is 1.30 bits per heavy atom. The highest BCUT2D eigenvalue weighted by atomic mass is 31.2. The first-order valence-electron chi connectivity index (χ1n) is 17.6. The largest absolute Gasteiger partial charge is 0.469 e. The van der Waals surface area contributed by atoms with E-state index >= 15 is 0 Å². The zero-order chi connectivity index (χ0) is 33.2. The minimum Gasteiger partial charge on any atom is -0.462 e. The maximum Gasteiger partial charge on any atom is 0.469 e. The highest BCUT2D eigenvalue weighted by Gasteiger charge is 2.22. The topological polar surface area (TPSA) is 166 Å². The smallest absolute Gasteiger partial charge is 0.462 e. The van der Waals surface area contributed by atoms with Crippen LogP contribution >= 0.6 is 7.82 Å². The lowest BCUT2D eigenvalue weighted by molar-refractivity contribution is -0.161. The van der Waals surface area contributed by atoms with E-state index in [0.717, 1.165) is 38.5 Å². The zero-order valence-corrected chi connectivity index (χ0v) is 29.1. The van der Waals surface area contributed by atoms with Crippen molar-refractivity contribution < 1.29 is 43.0 Å². The van der Waals surface area contributed by atoms with Crippen LogP contribution in [0.3, 0.4) is 0 Å². The molecule has 0 aromatic rings. The van der Waals surface area contributed by atoms with E-state index in [4.69, 9.17) is 30.1 Å². The van der Waals surface area contributed by atoms with Gasteiger partial charge in [0, 0.05) is 19.4 Å². The average molecular weight is 654 g/mol. The molecule has 0 rings (SSSR count). The number of aliphatic hydroxyl groups is 1. The number of hydrogen-bond donors (Lipinski definition) is 4. The molecule has 1 atom stereocenters. The van der Waals surface area contributed by atoms with Gasteiger partial charge in [0.1, 0.15) is 6.61 Å². The van der Waals surface area contributed by atoms with Gasteiger partial charge in [-0.05, 0) is 12.8 Å². The molecule has 0 heterocycles. The summed E-state index contributed by atoms with van der Waals surface area (Å²) in [5.74, 6) is -0.879. The number of carbonyl (C=O) groups excluding carboxylic acids is 2. The van der Waals surface area contributed by atoms with Crippen molar-refractivity contribution in [2.45, 2.75) is 174 Å². The molecule has 0 spiro atoms. The number of rotatable bonds is 31. The number of aliphatic hydroxyl groups excluding tert-OH is 1. The summed E-state index contributed by atoms with van der Waals surface area (Å²) in [5, 5.41) is 7.75. The van der Waals surface area contributed by atoms with Gasteiger partial charge in [-0.2, -0.15) is 0 Å². The molecule has 0 saturated heterocycles. The molecule has 11 heteroatoms. The summed E-state index contributed by atoms with van der Waals surface area (Å²) in [6, 6.07) is 0. The van der Waals surface area contributed by atoms with Crippen molar-refractivity contribution in [3.63, 3.8) is 0 Å². The summed E-state index contributed by atoms with van der Waals surface area (Å²) in [6.45, 7) is 4.12. The summed E-state index contributed by atoms with van der Waals surface area (Å²) in [4.78, 5) is 42.4. The van der Waals surface area contributed by atoms with E-state index in [1.807, 2.05) is 0 Å². The number of ether oxygens (including phenoxy) is 2. The highest BCUT2D eigenvalue weighted by molar-refractivity contribution is 7.46. The summed E-state index contributed by atoms with van der Waals surface area (Å²) in [6.07, 6.45) is 25.4. The third kappa shape index (κ3) is 39.0. The fourth-order valence-electron chi connectivity index (χ4n) is 4.67. The Morgan fingerprint density at radius 2 is 0.955 bits per heavy atom. The summed E-state index contributed by atoms with van der Waals surface area (Å²) in [5.41, 5.74) is 4.78. The fraction of sp³-hybridized carbons (Fsp3) is 0.939. The van der Waals surface area contributed by atoms with Gasteiger partial charge in [-0.25, -0.2) is 4.57 Å². The maximum atomic E-state index is 12.3. The Bertz CT molecular complexity index is 674. The number of phosphoric ester groups is 1. The van der Waals surface area contributed by atoms with Crippen molar-refractivity contribution in [1.29, 1.82) is 0 Å². The molecule has 0 fully saturated rings. The normalized spacial score (nSPS) is 12.0. The molecule has 44 heavy (non-hydrogen) atoms. The van der Waals surface area contributed by atoms with Gasteiger partial charge in [0.25, 0.3) is 0 Å². The van der Waals surface area contributed by atoms with Crippen LogP contribution < -0.4 is 5.73 Å². The molecule has 0 aliphatic carbocycles. The first-order valence-corrected chi connectivity index (χ1v) is 19.1. The van der Waals surface area contributed by atoms with Crippen molar-refractivity contribution in [3.05, 3.63) is 0 Å². The van der Waals surface area contributed by atoms with Crippen LogP contribution in [0.2, 0.25) is 0 Å². The third-order valence-corrected chi connectivity index (χ3v) is 7.74. The van der Waals surface area contributed by atoms with Crippen LogP contribution in [0.4, 0.5) is 0 Å². The molecule has 0 amide bonds. The van der Waals surface area contributed by atoms with Gasteiger partial charge in [0.15, 0.2) is 6.10 Å². The van der Waals surface area contributed by atoms with Gasteiger partial charge in [0.05, 0.1) is 13.2 Å². The van der Waals surface area contributed by atoms with Crippen LogP contribution in [0, 0.1) is 0 Å². The predicted molar refractivity (Wildman–Crippen MR) is 177 cm³/mol. The number of esters is 2. The van der Waals surface area contributed by atoms with Crippen molar-refractivity contribution in [2.75, 3.05) is 26.4 Å². The second-order valence-electron chi connectivity index (χ2n) is 11.7. The Hall–Kier alpha value is -1.03. The third-order valence-electron chi connectivity index (χ3n) is 7.25. The van der Waals surface area contributed by atoms with E-state index in [9.17, 15) is 14.2 Å². The zero-order valence-electron chi connectivity index (χ0n) is 28.2. The molecule has 0 aliphatic heterocycles. The Kier molecular flexibility index (Phi) is 35.7. The van der Waals surface area contributed by atoms with E-state index in [-0.39, 0.29) is 26.1 Å². The second-order valence-corrected chi connectivity index (χ2v) is 12.9. The van der Waals surface area contributed by atoms with Gasteiger partial charge in [0.2, 0.25) is 0 Å². The van der Waals surface area contributed by atoms with Crippen LogP contribution in [0.1, 0.15) is 168 Å². The van der Waals surface area contributed by atoms with Crippen molar-refractivity contribution in [3.8, 4) is 0 Å². The van der Waals surface area contributed by atoms with Crippen LogP contribution in [0.25, 0.3) is 0 Å². The van der Waals surface area contributed by atoms with Gasteiger partial charge in [-0.1, -0.05) is 142 Å². The minimum absolute atomic E-state index is 0.0972. The lowest BCUT2D eigenvalue weighted by atomic mass is 10.1. The number of nitrogens with two attached hydrogens (primary N) is 1. The molecule has 0 aromatic heterocycles. The monoisotopic (exact) mass is 653 g/mol. The Morgan fingerprint density at radius 1 is 0.614 bits per heavy atom. The molecule has 10 nitrogen and oxygen atoms in total. The highest BCUT2D eigenvalue weighted by Crippen LogP contribution is 2.36. The molecule has 264 valence electrons. The van der Waals surface area contributed by atoms with Crippen molar-refractivity contribution >= 4 is 19.8 Å². The predicted octanol–water partition coefficient (Wildman–Crippen LogP) is 7.89. The van der Waals surface area contributed by atoms with Gasteiger partial charge >= 0.3 is 19.8 Å². The molecule has 0 aromatic carbocycles. The van der Waals surface area contributed by atoms with E-state index in [1.165, 1.54) is 96.3 Å². The van der Waals surface area contributed by atoms with E-state index in [0.29, 0.717) is 13.0 Å². The van der Waals surface area contributed by atoms with Gasteiger partial charge in [-0.15, -0.1) is 0 Å². The molecule has 0 bridgehead atoms. The number of phosphoric acid groups is 1. The van der Waals surface area contributed by atoms with Crippen LogP contribution in [0.5, 0.6) is 0 Å². The first-order chi connectivity index (χ1) is 21.2. The Labute approximate surface area is 268 Å².